The third-order valence-electron chi connectivity index (χ3n) is 4.30. The van der Waals surface area contributed by atoms with Crippen LogP contribution in [0.3, 0.4) is 0 Å². The highest BCUT2D eigenvalue weighted by molar-refractivity contribution is 5.17. The molecule has 19 heavy (non-hydrogen) atoms. The standard InChI is InChI=1S/C16H28N2O/c1-12(16(2,3)4)18(5)11-15-13(8-9-19-15)10-17-14-6-7-14/h8-9,12,14,17H,6-7,10-11H2,1-5H3. The van der Waals surface area contributed by atoms with Crippen molar-refractivity contribution >= 4 is 0 Å². The zero-order chi connectivity index (χ0) is 14.0. The summed E-state index contributed by atoms with van der Waals surface area (Å²) in [6.07, 6.45) is 4.47. The number of furan rings is 1. The first-order chi connectivity index (χ1) is 8.88. The normalized spacial score (nSPS) is 18.0. The van der Waals surface area contributed by atoms with Gasteiger partial charge in [0.2, 0.25) is 0 Å². The fourth-order valence-corrected chi connectivity index (χ4v) is 2.23. The van der Waals surface area contributed by atoms with E-state index in [1.54, 1.807) is 0 Å². The molecule has 0 bridgehead atoms. The second kappa shape index (κ2) is 5.68. The van der Waals surface area contributed by atoms with Gasteiger partial charge in [0.05, 0.1) is 12.8 Å². The highest BCUT2D eigenvalue weighted by Gasteiger charge is 2.25. The third-order valence-corrected chi connectivity index (χ3v) is 4.30. The maximum Gasteiger partial charge on any atom is 0.122 e. The summed E-state index contributed by atoms with van der Waals surface area (Å²) in [5, 5.41) is 3.55. The molecule has 3 heteroatoms. The Kier molecular flexibility index (Phi) is 4.36. The summed E-state index contributed by atoms with van der Waals surface area (Å²) in [7, 11) is 2.18. The van der Waals surface area contributed by atoms with Crippen LogP contribution in [0.1, 0.15) is 51.9 Å². The minimum atomic E-state index is 0.285. The lowest BCUT2D eigenvalue weighted by molar-refractivity contribution is 0.126. The Morgan fingerprint density at radius 2 is 2.11 bits per heavy atom. The second-order valence-corrected chi connectivity index (χ2v) is 6.98. The highest BCUT2D eigenvalue weighted by Crippen LogP contribution is 2.25. The van der Waals surface area contributed by atoms with Crippen molar-refractivity contribution in [2.45, 2.75) is 65.7 Å². The number of hydrogen-bond acceptors (Lipinski definition) is 3. The molecule has 2 rings (SSSR count). The Hall–Kier alpha value is -0.800. The largest absolute Gasteiger partial charge is 0.468 e. The molecule has 1 N–H and O–H groups in total. The van der Waals surface area contributed by atoms with E-state index in [-0.39, 0.29) is 5.41 Å². The maximum absolute atomic E-state index is 5.67. The molecule has 108 valence electrons. The summed E-state index contributed by atoms with van der Waals surface area (Å²) in [6, 6.07) is 3.36. The van der Waals surface area contributed by atoms with Gasteiger partial charge in [-0.25, -0.2) is 0 Å². The second-order valence-electron chi connectivity index (χ2n) is 6.98. The summed E-state index contributed by atoms with van der Waals surface area (Å²) in [4.78, 5) is 2.37. The van der Waals surface area contributed by atoms with Crippen LogP contribution in [0.15, 0.2) is 16.7 Å². The van der Waals surface area contributed by atoms with Crippen LogP contribution in [0.4, 0.5) is 0 Å². The van der Waals surface area contributed by atoms with Gasteiger partial charge < -0.3 is 9.73 Å². The van der Waals surface area contributed by atoms with Crippen LogP contribution in [0.2, 0.25) is 0 Å². The van der Waals surface area contributed by atoms with Gasteiger partial charge in [0.1, 0.15) is 5.76 Å². The van der Waals surface area contributed by atoms with Crippen LogP contribution in [-0.4, -0.2) is 24.0 Å². The molecular formula is C16H28N2O. The Balaban J connectivity index is 1.92. The summed E-state index contributed by atoms with van der Waals surface area (Å²) in [5.74, 6) is 1.10. The molecule has 0 aromatic carbocycles. The molecule has 3 nitrogen and oxygen atoms in total. The fourth-order valence-electron chi connectivity index (χ4n) is 2.23. The molecule has 0 radical (unpaired) electrons. The summed E-state index contributed by atoms with van der Waals surface area (Å²) >= 11 is 0. The minimum Gasteiger partial charge on any atom is -0.468 e. The molecule has 1 aromatic rings. The van der Waals surface area contributed by atoms with Crippen molar-refractivity contribution < 1.29 is 4.42 Å². The monoisotopic (exact) mass is 264 g/mol. The van der Waals surface area contributed by atoms with E-state index in [4.69, 9.17) is 4.42 Å². The fraction of sp³-hybridized carbons (Fsp3) is 0.750. The molecule has 0 aliphatic heterocycles. The Morgan fingerprint density at radius 1 is 1.42 bits per heavy atom. The molecule has 1 aliphatic carbocycles. The molecule has 1 saturated carbocycles. The molecule has 1 aromatic heterocycles. The van der Waals surface area contributed by atoms with Gasteiger partial charge in [0.15, 0.2) is 0 Å². The van der Waals surface area contributed by atoms with Crippen molar-refractivity contribution in [3.8, 4) is 0 Å². The van der Waals surface area contributed by atoms with Crippen LogP contribution in [0, 0.1) is 5.41 Å². The van der Waals surface area contributed by atoms with E-state index in [1.807, 2.05) is 6.26 Å². The lowest BCUT2D eigenvalue weighted by Gasteiger charge is -2.35. The summed E-state index contributed by atoms with van der Waals surface area (Å²) in [6.45, 7) is 11.0. The number of nitrogens with one attached hydrogen (secondary N) is 1. The van der Waals surface area contributed by atoms with E-state index in [2.05, 4.69) is 51.0 Å². The molecular weight excluding hydrogens is 236 g/mol. The first-order valence-corrected chi connectivity index (χ1v) is 7.37. The smallest absolute Gasteiger partial charge is 0.122 e. The van der Waals surface area contributed by atoms with Crippen molar-refractivity contribution in [1.29, 1.82) is 0 Å². The average Bonchev–Trinajstić information content (AvgIpc) is 3.05. The van der Waals surface area contributed by atoms with Crippen LogP contribution in [0.25, 0.3) is 0 Å². The molecule has 1 fully saturated rings. The number of rotatable bonds is 6. The van der Waals surface area contributed by atoms with Gasteiger partial charge in [-0.05, 0) is 38.3 Å². The minimum absolute atomic E-state index is 0.285. The number of hydrogen-bond donors (Lipinski definition) is 1. The first kappa shape index (κ1) is 14.6. The van der Waals surface area contributed by atoms with Gasteiger partial charge >= 0.3 is 0 Å². The highest BCUT2D eigenvalue weighted by atomic mass is 16.3. The molecule has 0 saturated heterocycles. The van der Waals surface area contributed by atoms with Gasteiger partial charge in [-0.15, -0.1) is 0 Å². The molecule has 1 heterocycles. The van der Waals surface area contributed by atoms with Crippen LogP contribution in [0.5, 0.6) is 0 Å². The average molecular weight is 264 g/mol. The Morgan fingerprint density at radius 3 is 2.68 bits per heavy atom. The summed E-state index contributed by atoms with van der Waals surface area (Å²) in [5.41, 5.74) is 1.59. The molecule has 0 spiro atoms. The third kappa shape index (κ3) is 4.08. The first-order valence-electron chi connectivity index (χ1n) is 7.37. The van der Waals surface area contributed by atoms with Crippen molar-refractivity contribution in [1.82, 2.24) is 10.2 Å². The van der Waals surface area contributed by atoms with E-state index >= 15 is 0 Å². The lowest BCUT2D eigenvalue weighted by Crippen LogP contribution is -2.38. The Labute approximate surface area is 117 Å². The van der Waals surface area contributed by atoms with Crippen LogP contribution >= 0.6 is 0 Å². The van der Waals surface area contributed by atoms with Gasteiger partial charge in [0, 0.05) is 24.2 Å². The number of nitrogens with zero attached hydrogens (tertiary/aromatic N) is 1. The quantitative estimate of drug-likeness (QED) is 0.853. The van der Waals surface area contributed by atoms with E-state index in [1.165, 1.54) is 18.4 Å². The van der Waals surface area contributed by atoms with Crippen LogP contribution in [-0.2, 0) is 13.1 Å². The topological polar surface area (TPSA) is 28.4 Å². The molecule has 1 aliphatic rings. The Bertz CT molecular complexity index is 401. The van der Waals surface area contributed by atoms with Gasteiger partial charge in [-0.2, -0.15) is 0 Å². The predicted octanol–water partition coefficient (Wildman–Crippen LogP) is 3.40. The van der Waals surface area contributed by atoms with E-state index < -0.39 is 0 Å². The summed E-state index contributed by atoms with van der Waals surface area (Å²) < 4.78 is 5.67. The maximum atomic E-state index is 5.67. The van der Waals surface area contributed by atoms with Crippen LogP contribution < -0.4 is 5.32 Å². The van der Waals surface area contributed by atoms with E-state index in [0.29, 0.717) is 6.04 Å². The molecule has 1 atom stereocenters. The van der Waals surface area contributed by atoms with Crippen molar-refractivity contribution in [2.75, 3.05) is 7.05 Å². The van der Waals surface area contributed by atoms with Gasteiger partial charge in [0.25, 0.3) is 0 Å². The zero-order valence-electron chi connectivity index (χ0n) is 13.0. The van der Waals surface area contributed by atoms with E-state index in [0.717, 1.165) is 24.9 Å². The zero-order valence-corrected chi connectivity index (χ0v) is 13.0. The lowest BCUT2D eigenvalue weighted by atomic mass is 9.87. The van der Waals surface area contributed by atoms with Crippen molar-refractivity contribution in [3.63, 3.8) is 0 Å². The SMILES string of the molecule is CC(N(C)Cc1occc1CNC1CC1)C(C)(C)C. The van der Waals surface area contributed by atoms with E-state index in [9.17, 15) is 0 Å². The van der Waals surface area contributed by atoms with Crippen molar-refractivity contribution in [3.05, 3.63) is 23.7 Å². The van der Waals surface area contributed by atoms with Gasteiger partial charge in [-0.3, -0.25) is 4.90 Å². The van der Waals surface area contributed by atoms with Crippen molar-refractivity contribution in [2.24, 2.45) is 5.41 Å². The predicted molar refractivity (Wildman–Crippen MR) is 79.0 cm³/mol. The molecule has 0 amide bonds. The molecule has 1 unspecified atom stereocenters. The van der Waals surface area contributed by atoms with Gasteiger partial charge in [-0.1, -0.05) is 20.8 Å².